The van der Waals surface area contributed by atoms with E-state index in [1.165, 1.54) is 4.90 Å². The lowest BCUT2D eigenvalue weighted by atomic mass is 9.98. The summed E-state index contributed by atoms with van der Waals surface area (Å²) < 4.78 is 5.37. The summed E-state index contributed by atoms with van der Waals surface area (Å²) in [4.78, 5) is 41.5. The van der Waals surface area contributed by atoms with Crippen molar-refractivity contribution < 1.29 is 19.1 Å². The van der Waals surface area contributed by atoms with E-state index < -0.39 is 35.6 Å². The van der Waals surface area contributed by atoms with Crippen molar-refractivity contribution in [2.75, 3.05) is 11.9 Å². The number of nitrogens with zero attached hydrogens (tertiary/aromatic N) is 2. The summed E-state index contributed by atoms with van der Waals surface area (Å²) in [7, 11) is 0. The third-order valence-electron chi connectivity index (χ3n) is 5.64. The minimum Gasteiger partial charge on any atom is -0.444 e. The lowest BCUT2D eigenvalue weighted by Crippen LogP contribution is -2.53. The predicted octanol–water partition coefficient (Wildman–Crippen LogP) is 5.93. The highest BCUT2D eigenvalue weighted by Gasteiger charge is 2.37. The number of anilines is 1. The zero-order chi connectivity index (χ0) is 28.6. The maximum atomic E-state index is 13.9. The first kappa shape index (κ1) is 30.7. The Morgan fingerprint density at radius 2 is 1.71 bits per heavy atom. The summed E-state index contributed by atoms with van der Waals surface area (Å²) in [6.45, 7) is 12.3. The second-order valence-electron chi connectivity index (χ2n) is 10.7. The third kappa shape index (κ3) is 8.77. The molecule has 0 saturated carbocycles. The molecule has 2 rings (SSSR count). The Balaban J connectivity index is 2.54. The van der Waals surface area contributed by atoms with Gasteiger partial charge in [0.25, 0.3) is 5.91 Å². The number of amides is 3. The second kappa shape index (κ2) is 13.3. The topological polar surface area (TPSA) is 112 Å². The van der Waals surface area contributed by atoms with Gasteiger partial charge in [-0.3, -0.25) is 9.59 Å². The van der Waals surface area contributed by atoms with Crippen molar-refractivity contribution in [2.24, 2.45) is 5.92 Å². The fourth-order valence-corrected chi connectivity index (χ4v) is 4.19. The Kier molecular flexibility index (Phi) is 10.7. The molecule has 2 aromatic rings. The Bertz CT molecular complexity index is 1160. The van der Waals surface area contributed by atoms with E-state index in [2.05, 4.69) is 10.6 Å². The number of aryl methyl sites for hydroxylation is 2. The van der Waals surface area contributed by atoms with E-state index in [0.29, 0.717) is 16.3 Å². The van der Waals surface area contributed by atoms with Crippen LogP contribution in [-0.4, -0.2) is 41.0 Å². The molecule has 2 aromatic carbocycles. The van der Waals surface area contributed by atoms with Crippen LogP contribution in [0.1, 0.15) is 63.8 Å². The number of hydrogen-bond donors (Lipinski definition) is 2. The Hall–Kier alpha value is -3.57. The van der Waals surface area contributed by atoms with Crippen LogP contribution in [0.25, 0.3) is 0 Å². The molecule has 9 heteroatoms. The average molecular weight is 541 g/mol. The lowest BCUT2D eigenvalue weighted by Gasteiger charge is -2.33. The maximum absolute atomic E-state index is 13.9. The number of nitriles is 1. The van der Waals surface area contributed by atoms with Crippen molar-refractivity contribution in [1.82, 2.24) is 10.2 Å². The molecule has 0 spiro atoms. The van der Waals surface area contributed by atoms with Crippen LogP contribution >= 0.6 is 11.6 Å². The van der Waals surface area contributed by atoms with Gasteiger partial charge in [-0.05, 0) is 64.2 Å². The molecule has 0 fully saturated rings. The monoisotopic (exact) mass is 540 g/mol. The Morgan fingerprint density at radius 1 is 1.08 bits per heavy atom. The minimum absolute atomic E-state index is 0.0280. The molecule has 0 aliphatic carbocycles. The van der Waals surface area contributed by atoms with E-state index >= 15 is 0 Å². The highest BCUT2D eigenvalue weighted by atomic mass is 35.5. The lowest BCUT2D eigenvalue weighted by molar-refractivity contribution is -0.140. The van der Waals surface area contributed by atoms with Crippen LogP contribution in [0.5, 0.6) is 0 Å². The molecule has 2 N–H and O–H groups in total. The number of para-hydroxylation sites is 1. The van der Waals surface area contributed by atoms with Crippen LogP contribution in [0.4, 0.5) is 10.5 Å². The first-order chi connectivity index (χ1) is 17.7. The molecule has 0 saturated heterocycles. The first-order valence-electron chi connectivity index (χ1n) is 12.5. The van der Waals surface area contributed by atoms with Crippen LogP contribution in [0.15, 0.2) is 42.5 Å². The molecule has 204 valence electrons. The molecule has 0 bridgehead atoms. The fourth-order valence-electron chi connectivity index (χ4n) is 3.92. The summed E-state index contributed by atoms with van der Waals surface area (Å²) in [6.07, 6.45) is -0.470. The van der Waals surface area contributed by atoms with Gasteiger partial charge in [0.2, 0.25) is 5.91 Å². The molecule has 3 amide bonds. The van der Waals surface area contributed by atoms with Gasteiger partial charge in [-0.2, -0.15) is 5.26 Å². The van der Waals surface area contributed by atoms with Crippen LogP contribution < -0.4 is 10.6 Å². The standard InChI is InChI=1S/C29H37ClN4O4/c1-18(2)17-23(32-28(37)38-29(5,6)7)27(36)34(16-15-31)25(21-13-11-19(3)12-14-21)26(35)33-24-20(4)9-8-10-22(24)30/h8-14,18,23,25H,16-17H2,1-7H3,(H,32,37)(H,33,35). The predicted molar refractivity (Wildman–Crippen MR) is 149 cm³/mol. The van der Waals surface area contributed by atoms with E-state index in [-0.39, 0.29) is 18.9 Å². The van der Waals surface area contributed by atoms with Crippen LogP contribution in [-0.2, 0) is 14.3 Å². The van der Waals surface area contributed by atoms with Crippen LogP contribution in [0.3, 0.4) is 0 Å². The zero-order valence-electron chi connectivity index (χ0n) is 23.1. The summed E-state index contributed by atoms with van der Waals surface area (Å²) in [5.74, 6) is -1.07. The van der Waals surface area contributed by atoms with Crippen molar-refractivity contribution in [2.45, 2.75) is 72.6 Å². The third-order valence-corrected chi connectivity index (χ3v) is 5.96. The maximum Gasteiger partial charge on any atom is 0.408 e. The number of rotatable bonds is 9. The molecule has 0 aromatic heterocycles. The van der Waals surface area contributed by atoms with Gasteiger partial charge in [0, 0.05) is 0 Å². The van der Waals surface area contributed by atoms with E-state index in [4.69, 9.17) is 16.3 Å². The number of ether oxygens (including phenoxy) is 1. The van der Waals surface area contributed by atoms with Crippen molar-refractivity contribution in [1.29, 1.82) is 5.26 Å². The molecular weight excluding hydrogens is 504 g/mol. The molecule has 8 nitrogen and oxygen atoms in total. The summed E-state index contributed by atoms with van der Waals surface area (Å²) >= 11 is 6.36. The average Bonchev–Trinajstić information content (AvgIpc) is 2.80. The van der Waals surface area contributed by atoms with E-state index in [9.17, 15) is 19.6 Å². The van der Waals surface area contributed by atoms with Crippen LogP contribution in [0.2, 0.25) is 5.02 Å². The van der Waals surface area contributed by atoms with Gasteiger partial charge in [0.15, 0.2) is 0 Å². The number of halogens is 1. The normalized spacial score (nSPS) is 12.7. The minimum atomic E-state index is -1.16. The number of hydrogen-bond acceptors (Lipinski definition) is 5. The van der Waals surface area contributed by atoms with Gasteiger partial charge in [-0.25, -0.2) is 4.79 Å². The molecule has 2 unspecified atom stereocenters. The fraction of sp³-hybridized carbons (Fsp3) is 0.448. The van der Waals surface area contributed by atoms with Gasteiger partial charge in [-0.15, -0.1) is 0 Å². The zero-order valence-corrected chi connectivity index (χ0v) is 23.8. The molecule has 2 atom stereocenters. The van der Waals surface area contributed by atoms with E-state index in [1.807, 2.05) is 52.0 Å². The van der Waals surface area contributed by atoms with Crippen molar-refractivity contribution >= 4 is 35.2 Å². The highest BCUT2D eigenvalue weighted by Crippen LogP contribution is 2.29. The van der Waals surface area contributed by atoms with Gasteiger partial charge < -0.3 is 20.3 Å². The van der Waals surface area contributed by atoms with Crippen molar-refractivity contribution in [3.05, 3.63) is 64.2 Å². The molecule has 0 aliphatic rings. The van der Waals surface area contributed by atoms with Gasteiger partial charge in [0.1, 0.15) is 24.2 Å². The quantitative estimate of drug-likeness (QED) is 0.383. The van der Waals surface area contributed by atoms with Gasteiger partial charge >= 0.3 is 6.09 Å². The summed E-state index contributed by atoms with van der Waals surface area (Å²) in [5.41, 5.74) is 1.89. The molecule has 0 heterocycles. The van der Waals surface area contributed by atoms with Crippen LogP contribution in [0, 0.1) is 31.1 Å². The summed E-state index contributed by atoms with van der Waals surface area (Å²) in [5, 5.41) is 15.5. The number of alkyl carbamates (subject to hydrolysis) is 1. The first-order valence-corrected chi connectivity index (χ1v) is 12.9. The number of benzene rings is 2. The molecular formula is C29H37ClN4O4. The Labute approximate surface area is 230 Å². The molecule has 38 heavy (non-hydrogen) atoms. The summed E-state index contributed by atoms with van der Waals surface area (Å²) in [6, 6.07) is 12.2. The number of carbonyl (C=O) groups excluding carboxylic acids is 3. The second-order valence-corrected chi connectivity index (χ2v) is 11.1. The van der Waals surface area contributed by atoms with E-state index in [1.54, 1.807) is 45.0 Å². The molecule has 0 radical (unpaired) electrons. The van der Waals surface area contributed by atoms with E-state index in [0.717, 1.165) is 11.1 Å². The number of nitrogens with one attached hydrogen (secondary N) is 2. The van der Waals surface area contributed by atoms with Crippen molar-refractivity contribution in [3.8, 4) is 6.07 Å². The largest absolute Gasteiger partial charge is 0.444 e. The van der Waals surface area contributed by atoms with Crippen molar-refractivity contribution in [3.63, 3.8) is 0 Å². The number of carbonyl (C=O) groups is 3. The van der Waals surface area contributed by atoms with Gasteiger partial charge in [-0.1, -0.05) is 67.4 Å². The Morgan fingerprint density at radius 3 is 2.24 bits per heavy atom. The highest BCUT2D eigenvalue weighted by molar-refractivity contribution is 6.34. The molecule has 0 aliphatic heterocycles. The smallest absolute Gasteiger partial charge is 0.408 e. The van der Waals surface area contributed by atoms with Gasteiger partial charge in [0.05, 0.1) is 16.8 Å². The SMILES string of the molecule is Cc1ccc(C(C(=O)Nc2c(C)cccc2Cl)N(CC#N)C(=O)C(CC(C)C)NC(=O)OC(C)(C)C)cc1.